The van der Waals surface area contributed by atoms with Gasteiger partial charge in [0.2, 0.25) is 11.8 Å². The summed E-state index contributed by atoms with van der Waals surface area (Å²) in [5.41, 5.74) is 8.01. The first-order valence-electron chi connectivity index (χ1n) is 7.31. The van der Waals surface area contributed by atoms with E-state index in [0.29, 0.717) is 40.8 Å². The van der Waals surface area contributed by atoms with Gasteiger partial charge in [-0.2, -0.15) is 9.97 Å². The van der Waals surface area contributed by atoms with Gasteiger partial charge < -0.3 is 19.9 Å². The standard InChI is InChI=1S/C16H17N5O3/c1-4-24-15-13-14(20-16(17)21-15)19-10(8-18-13)9-5-6-11(22-2)12(7-9)23-3/h5-8H,4H2,1-3H3,(H2,17,19,20,21). The summed E-state index contributed by atoms with van der Waals surface area (Å²) in [6, 6.07) is 5.49. The van der Waals surface area contributed by atoms with E-state index in [-0.39, 0.29) is 5.95 Å². The molecule has 2 N–H and O–H groups in total. The molecule has 0 radical (unpaired) electrons. The van der Waals surface area contributed by atoms with Gasteiger partial charge in [0.25, 0.3) is 0 Å². The number of hydrogen-bond acceptors (Lipinski definition) is 8. The van der Waals surface area contributed by atoms with E-state index in [4.69, 9.17) is 19.9 Å². The zero-order valence-electron chi connectivity index (χ0n) is 13.6. The molecule has 0 spiro atoms. The first kappa shape index (κ1) is 15.7. The molecule has 2 heterocycles. The van der Waals surface area contributed by atoms with Gasteiger partial charge in [-0.1, -0.05) is 0 Å². The van der Waals surface area contributed by atoms with Crippen LogP contribution in [0.3, 0.4) is 0 Å². The van der Waals surface area contributed by atoms with Gasteiger partial charge in [-0.25, -0.2) is 9.97 Å². The first-order chi connectivity index (χ1) is 11.7. The van der Waals surface area contributed by atoms with Gasteiger partial charge in [-0.15, -0.1) is 0 Å². The number of fused-ring (bicyclic) bond motifs is 1. The van der Waals surface area contributed by atoms with Gasteiger partial charge in [0.15, 0.2) is 22.7 Å². The average molecular weight is 327 g/mol. The highest BCUT2D eigenvalue weighted by Gasteiger charge is 2.13. The van der Waals surface area contributed by atoms with E-state index in [1.807, 2.05) is 19.1 Å². The molecule has 3 aromatic rings. The van der Waals surface area contributed by atoms with Crippen LogP contribution in [0.25, 0.3) is 22.4 Å². The Kier molecular flexibility index (Phi) is 4.28. The van der Waals surface area contributed by atoms with Crippen LogP contribution in [0, 0.1) is 0 Å². The van der Waals surface area contributed by atoms with Crippen LogP contribution < -0.4 is 19.9 Å². The summed E-state index contributed by atoms with van der Waals surface area (Å²) < 4.78 is 16.0. The maximum atomic E-state index is 5.72. The first-order valence-corrected chi connectivity index (χ1v) is 7.31. The predicted molar refractivity (Wildman–Crippen MR) is 89.2 cm³/mol. The van der Waals surface area contributed by atoms with E-state index in [1.54, 1.807) is 26.5 Å². The molecule has 0 aliphatic rings. The molecule has 0 aliphatic heterocycles. The van der Waals surface area contributed by atoms with E-state index < -0.39 is 0 Å². The van der Waals surface area contributed by atoms with Crippen LogP contribution in [0.5, 0.6) is 17.4 Å². The second-order valence-corrected chi connectivity index (χ2v) is 4.82. The minimum absolute atomic E-state index is 0.0877. The van der Waals surface area contributed by atoms with Gasteiger partial charge in [0, 0.05) is 5.56 Å². The Morgan fingerprint density at radius 3 is 2.54 bits per heavy atom. The highest BCUT2D eigenvalue weighted by molar-refractivity contribution is 5.79. The van der Waals surface area contributed by atoms with Crippen LogP contribution in [-0.2, 0) is 0 Å². The Labute approximate surface area is 138 Å². The number of rotatable bonds is 5. The lowest BCUT2D eigenvalue weighted by molar-refractivity contribution is 0.330. The molecule has 2 aromatic heterocycles. The maximum absolute atomic E-state index is 5.72. The van der Waals surface area contributed by atoms with E-state index in [2.05, 4.69) is 19.9 Å². The number of benzene rings is 1. The molecule has 1 aromatic carbocycles. The van der Waals surface area contributed by atoms with Crippen LogP contribution in [0.4, 0.5) is 5.95 Å². The van der Waals surface area contributed by atoms with Gasteiger partial charge in [0.1, 0.15) is 0 Å². The zero-order chi connectivity index (χ0) is 17.1. The van der Waals surface area contributed by atoms with E-state index in [9.17, 15) is 0 Å². The molecule has 0 fully saturated rings. The molecule has 8 nitrogen and oxygen atoms in total. The summed E-state index contributed by atoms with van der Waals surface area (Å²) in [4.78, 5) is 17.1. The van der Waals surface area contributed by atoms with Crippen LogP contribution in [-0.4, -0.2) is 40.8 Å². The number of ether oxygens (including phenoxy) is 3. The Bertz CT molecular complexity index is 885. The molecule has 0 saturated heterocycles. The van der Waals surface area contributed by atoms with Gasteiger partial charge in [-0.05, 0) is 25.1 Å². The number of aromatic nitrogens is 4. The Morgan fingerprint density at radius 2 is 1.83 bits per heavy atom. The topological polar surface area (TPSA) is 105 Å². The fraction of sp³-hybridized carbons (Fsp3) is 0.250. The normalized spacial score (nSPS) is 10.6. The van der Waals surface area contributed by atoms with Crippen molar-refractivity contribution in [3.8, 4) is 28.6 Å². The lowest BCUT2D eigenvalue weighted by atomic mass is 10.1. The number of nitrogen functional groups attached to an aromatic ring is 1. The zero-order valence-corrected chi connectivity index (χ0v) is 13.6. The molecule has 0 amide bonds. The second-order valence-electron chi connectivity index (χ2n) is 4.82. The van der Waals surface area contributed by atoms with Crippen LogP contribution in [0.1, 0.15) is 6.92 Å². The number of nitrogens with zero attached hydrogens (tertiary/aromatic N) is 4. The molecular weight excluding hydrogens is 310 g/mol. The Balaban J connectivity index is 2.11. The lowest BCUT2D eigenvalue weighted by Gasteiger charge is -2.10. The van der Waals surface area contributed by atoms with Crippen LogP contribution in [0.2, 0.25) is 0 Å². The molecule has 0 atom stereocenters. The van der Waals surface area contributed by atoms with Gasteiger partial charge >= 0.3 is 0 Å². The van der Waals surface area contributed by atoms with Crippen molar-refractivity contribution in [2.45, 2.75) is 6.92 Å². The third-order valence-electron chi connectivity index (χ3n) is 3.35. The van der Waals surface area contributed by atoms with Crippen molar-refractivity contribution in [3.05, 3.63) is 24.4 Å². The molecule has 24 heavy (non-hydrogen) atoms. The second kappa shape index (κ2) is 6.53. The molecule has 3 rings (SSSR count). The molecule has 8 heteroatoms. The Morgan fingerprint density at radius 1 is 1.04 bits per heavy atom. The molecule has 0 saturated carbocycles. The van der Waals surface area contributed by atoms with Crippen molar-refractivity contribution in [2.24, 2.45) is 0 Å². The largest absolute Gasteiger partial charge is 0.493 e. The quantitative estimate of drug-likeness (QED) is 0.759. The summed E-state index contributed by atoms with van der Waals surface area (Å²) in [6.45, 7) is 2.31. The summed E-state index contributed by atoms with van der Waals surface area (Å²) in [5.74, 6) is 1.66. The van der Waals surface area contributed by atoms with E-state index in [1.165, 1.54) is 0 Å². The lowest BCUT2D eigenvalue weighted by Crippen LogP contribution is -2.04. The molecular formula is C16H17N5O3. The fourth-order valence-corrected chi connectivity index (χ4v) is 2.27. The summed E-state index contributed by atoms with van der Waals surface area (Å²) in [6.07, 6.45) is 1.63. The highest BCUT2D eigenvalue weighted by atomic mass is 16.5. The SMILES string of the molecule is CCOc1nc(N)nc2nc(-c3ccc(OC)c(OC)c3)cnc12. The number of anilines is 1. The number of nitrogens with two attached hydrogens (primary N) is 1. The Hall–Kier alpha value is -3.16. The molecule has 124 valence electrons. The number of methoxy groups -OCH3 is 2. The van der Waals surface area contributed by atoms with Crippen molar-refractivity contribution >= 4 is 17.1 Å². The molecule has 0 unspecified atom stereocenters. The summed E-state index contributed by atoms with van der Waals surface area (Å²) >= 11 is 0. The summed E-state index contributed by atoms with van der Waals surface area (Å²) in [5, 5.41) is 0. The molecule has 0 bridgehead atoms. The third kappa shape index (κ3) is 2.85. The third-order valence-corrected chi connectivity index (χ3v) is 3.35. The minimum Gasteiger partial charge on any atom is -0.493 e. The number of hydrogen-bond donors (Lipinski definition) is 1. The van der Waals surface area contributed by atoms with Crippen molar-refractivity contribution in [3.63, 3.8) is 0 Å². The van der Waals surface area contributed by atoms with Crippen LogP contribution >= 0.6 is 0 Å². The minimum atomic E-state index is 0.0877. The monoisotopic (exact) mass is 327 g/mol. The van der Waals surface area contributed by atoms with Gasteiger partial charge in [-0.3, -0.25) is 0 Å². The predicted octanol–water partition coefficient (Wildman–Crippen LogP) is 2.08. The van der Waals surface area contributed by atoms with Crippen molar-refractivity contribution in [1.82, 2.24) is 19.9 Å². The maximum Gasteiger partial charge on any atom is 0.247 e. The highest BCUT2D eigenvalue weighted by Crippen LogP contribution is 2.32. The summed E-state index contributed by atoms with van der Waals surface area (Å²) in [7, 11) is 3.16. The smallest absolute Gasteiger partial charge is 0.247 e. The van der Waals surface area contributed by atoms with Crippen molar-refractivity contribution in [2.75, 3.05) is 26.6 Å². The van der Waals surface area contributed by atoms with Gasteiger partial charge in [0.05, 0.1) is 32.7 Å². The van der Waals surface area contributed by atoms with E-state index in [0.717, 1.165) is 5.56 Å². The average Bonchev–Trinajstić information content (AvgIpc) is 2.60. The van der Waals surface area contributed by atoms with Crippen LogP contribution in [0.15, 0.2) is 24.4 Å². The van der Waals surface area contributed by atoms with Crippen molar-refractivity contribution < 1.29 is 14.2 Å². The molecule has 0 aliphatic carbocycles. The van der Waals surface area contributed by atoms with Crippen molar-refractivity contribution in [1.29, 1.82) is 0 Å². The fourth-order valence-electron chi connectivity index (χ4n) is 2.27. The van der Waals surface area contributed by atoms with E-state index >= 15 is 0 Å².